The molecule has 0 heterocycles. The summed E-state index contributed by atoms with van der Waals surface area (Å²) < 4.78 is 0. The van der Waals surface area contributed by atoms with Crippen LogP contribution < -0.4 is 10.2 Å². The maximum Gasteiger partial charge on any atom is 0.322 e. The molecule has 0 bridgehead atoms. The third kappa shape index (κ3) is 5.30. The number of carboxylic acid groups (broad SMARTS) is 1. The molecule has 5 heteroatoms. The topological polar surface area (TPSA) is 69.6 Å². The molecule has 0 aliphatic heterocycles. The van der Waals surface area contributed by atoms with Crippen LogP contribution in [0.5, 0.6) is 0 Å². The molecule has 110 valence electrons. The molecule has 0 fully saturated rings. The first-order valence-electron chi connectivity index (χ1n) is 6.57. The quantitative estimate of drug-likeness (QED) is 0.889. The van der Waals surface area contributed by atoms with Crippen LogP contribution in [0.3, 0.4) is 0 Å². The van der Waals surface area contributed by atoms with Crippen molar-refractivity contribution in [3.05, 3.63) is 29.8 Å². The fourth-order valence-corrected chi connectivity index (χ4v) is 1.67. The van der Waals surface area contributed by atoms with Crippen LogP contribution in [0.15, 0.2) is 24.3 Å². The number of aliphatic carboxylic acids is 1. The lowest BCUT2D eigenvalue weighted by molar-refractivity contribution is -0.136. The van der Waals surface area contributed by atoms with Crippen molar-refractivity contribution in [1.82, 2.24) is 5.32 Å². The predicted molar refractivity (Wildman–Crippen MR) is 79.1 cm³/mol. The molecule has 0 aromatic heterocycles. The first kappa shape index (κ1) is 16.0. The van der Waals surface area contributed by atoms with Crippen molar-refractivity contribution in [2.45, 2.75) is 39.7 Å². The molecular weight excluding hydrogens is 256 g/mol. The molecule has 0 aliphatic rings. The third-order valence-corrected chi connectivity index (χ3v) is 2.62. The lowest BCUT2D eigenvalue weighted by Crippen LogP contribution is -2.49. The summed E-state index contributed by atoms with van der Waals surface area (Å²) in [7, 11) is 0. The number of anilines is 1. The highest BCUT2D eigenvalue weighted by atomic mass is 16.4. The number of benzene rings is 1. The van der Waals surface area contributed by atoms with E-state index in [-0.39, 0.29) is 24.5 Å². The van der Waals surface area contributed by atoms with Crippen LogP contribution >= 0.6 is 0 Å². The highest BCUT2D eigenvalue weighted by Gasteiger charge is 2.21. The van der Waals surface area contributed by atoms with Gasteiger partial charge < -0.3 is 10.4 Å². The van der Waals surface area contributed by atoms with Gasteiger partial charge in [-0.15, -0.1) is 0 Å². The Morgan fingerprint density at radius 3 is 2.20 bits per heavy atom. The largest absolute Gasteiger partial charge is 0.481 e. The Kier molecular flexibility index (Phi) is 5.13. The van der Waals surface area contributed by atoms with Gasteiger partial charge in [0, 0.05) is 17.8 Å². The summed E-state index contributed by atoms with van der Waals surface area (Å²) in [5.41, 5.74) is 1.41. The highest BCUT2D eigenvalue weighted by Crippen LogP contribution is 2.16. The Labute approximate surface area is 119 Å². The Hall–Kier alpha value is -2.04. The van der Waals surface area contributed by atoms with Crippen molar-refractivity contribution in [1.29, 1.82) is 0 Å². The number of nitrogens with zero attached hydrogens (tertiary/aromatic N) is 1. The van der Waals surface area contributed by atoms with Gasteiger partial charge in [0.05, 0.1) is 6.42 Å². The van der Waals surface area contributed by atoms with Crippen molar-refractivity contribution in [3.63, 3.8) is 0 Å². The minimum absolute atomic E-state index is 0.0918. The van der Waals surface area contributed by atoms with Crippen LogP contribution in [-0.4, -0.2) is 29.2 Å². The third-order valence-electron chi connectivity index (χ3n) is 2.62. The Balaban J connectivity index is 2.92. The standard InChI is InChI=1S/C15H22N2O3/c1-11-5-7-12(8-6-11)17(10-9-13(18)19)14(20)16-15(2,3)4/h5-8H,9-10H2,1-4H3,(H,16,20)(H,18,19). The van der Waals surface area contributed by atoms with Crippen LogP contribution in [0, 0.1) is 6.92 Å². The summed E-state index contributed by atoms with van der Waals surface area (Å²) in [6.07, 6.45) is -0.0918. The van der Waals surface area contributed by atoms with Gasteiger partial charge >= 0.3 is 12.0 Å². The molecule has 1 aromatic rings. The molecule has 0 aliphatic carbocycles. The Bertz CT molecular complexity index is 475. The van der Waals surface area contributed by atoms with Crippen molar-refractivity contribution in [3.8, 4) is 0 Å². The van der Waals surface area contributed by atoms with Gasteiger partial charge in [0.15, 0.2) is 0 Å². The van der Waals surface area contributed by atoms with Crippen LogP contribution in [0.25, 0.3) is 0 Å². The summed E-state index contributed by atoms with van der Waals surface area (Å²) in [6, 6.07) is 7.14. The molecule has 0 saturated heterocycles. The first-order chi connectivity index (χ1) is 9.19. The number of aryl methyl sites for hydroxylation is 1. The fraction of sp³-hybridized carbons (Fsp3) is 0.467. The Morgan fingerprint density at radius 1 is 1.20 bits per heavy atom. The number of hydrogen-bond acceptors (Lipinski definition) is 2. The minimum Gasteiger partial charge on any atom is -0.481 e. The number of carboxylic acids is 1. The van der Waals surface area contributed by atoms with Crippen molar-refractivity contribution < 1.29 is 14.7 Å². The summed E-state index contributed by atoms with van der Waals surface area (Å²) in [4.78, 5) is 24.5. The van der Waals surface area contributed by atoms with E-state index in [1.807, 2.05) is 52.0 Å². The van der Waals surface area contributed by atoms with E-state index in [1.165, 1.54) is 4.90 Å². The van der Waals surface area contributed by atoms with Gasteiger partial charge in [0.25, 0.3) is 0 Å². The van der Waals surface area contributed by atoms with E-state index in [1.54, 1.807) is 0 Å². The van der Waals surface area contributed by atoms with E-state index in [9.17, 15) is 9.59 Å². The average molecular weight is 278 g/mol. The molecule has 0 atom stereocenters. The minimum atomic E-state index is -0.925. The lowest BCUT2D eigenvalue weighted by Gasteiger charge is -2.28. The molecule has 0 spiro atoms. The maximum atomic E-state index is 12.3. The predicted octanol–water partition coefficient (Wildman–Crippen LogP) is 2.78. The number of carbonyl (C=O) groups excluding carboxylic acids is 1. The van der Waals surface area contributed by atoms with Crippen molar-refractivity contribution in [2.24, 2.45) is 0 Å². The SMILES string of the molecule is Cc1ccc(N(CCC(=O)O)C(=O)NC(C)(C)C)cc1. The first-order valence-corrected chi connectivity index (χ1v) is 6.57. The van der Waals surface area contributed by atoms with Crippen LogP contribution in [0.4, 0.5) is 10.5 Å². The van der Waals surface area contributed by atoms with Gasteiger partial charge in [-0.3, -0.25) is 9.69 Å². The number of hydrogen-bond donors (Lipinski definition) is 2. The smallest absolute Gasteiger partial charge is 0.322 e. The van der Waals surface area contributed by atoms with E-state index in [4.69, 9.17) is 5.11 Å². The van der Waals surface area contributed by atoms with Crippen LogP contribution in [0.1, 0.15) is 32.8 Å². The fourth-order valence-electron chi connectivity index (χ4n) is 1.67. The zero-order valence-corrected chi connectivity index (χ0v) is 12.4. The molecule has 0 unspecified atom stereocenters. The zero-order chi connectivity index (χ0) is 15.3. The average Bonchev–Trinajstić information content (AvgIpc) is 2.29. The van der Waals surface area contributed by atoms with E-state index >= 15 is 0 Å². The molecule has 1 aromatic carbocycles. The number of carbonyl (C=O) groups is 2. The Morgan fingerprint density at radius 2 is 1.75 bits per heavy atom. The summed E-state index contributed by atoms with van der Waals surface area (Å²) >= 11 is 0. The van der Waals surface area contributed by atoms with E-state index < -0.39 is 5.97 Å². The van der Waals surface area contributed by atoms with Gasteiger partial charge in [0.2, 0.25) is 0 Å². The van der Waals surface area contributed by atoms with E-state index in [0.717, 1.165) is 5.56 Å². The van der Waals surface area contributed by atoms with Gasteiger partial charge in [-0.25, -0.2) is 4.79 Å². The molecule has 0 radical (unpaired) electrons. The van der Waals surface area contributed by atoms with Gasteiger partial charge in [-0.05, 0) is 39.8 Å². The second kappa shape index (κ2) is 6.41. The summed E-state index contributed by atoms with van der Waals surface area (Å²) in [6.45, 7) is 7.75. The normalized spacial score (nSPS) is 11.0. The van der Waals surface area contributed by atoms with Crippen LogP contribution in [0.2, 0.25) is 0 Å². The highest BCUT2D eigenvalue weighted by molar-refractivity contribution is 5.92. The maximum absolute atomic E-state index is 12.3. The second-order valence-corrected chi connectivity index (χ2v) is 5.81. The van der Waals surface area contributed by atoms with Gasteiger partial charge in [-0.2, -0.15) is 0 Å². The molecule has 20 heavy (non-hydrogen) atoms. The molecular formula is C15H22N2O3. The molecule has 2 amide bonds. The summed E-state index contributed by atoms with van der Waals surface area (Å²) in [5.74, 6) is -0.925. The van der Waals surface area contributed by atoms with Crippen molar-refractivity contribution in [2.75, 3.05) is 11.4 Å². The number of urea groups is 1. The number of nitrogens with one attached hydrogen (secondary N) is 1. The number of rotatable bonds is 4. The number of amides is 2. The van der Waals surface area contributed by atoms with Gasteiger partial charge in [-0.1, -0.05) is 17.7 Å². The molecule has 2 N–H and O–H groups in total. The summed E-state index contributed by atoms with van der Waals surface area (Å²) in [5, 5.41) is 11.7. The zero-order valence-electron chi connectivity index (χ0n) is 12.4. The second-order valence-electron chi connectivity index (χ2n) is 5.81. The molecule has 5 nitrogen and oxygen atoms in total. The molecule has 1 rings (SSSR count). The molecule has 0 saturated carbocycles. The monoisotopic (exact) mass is 278 g/mol. The van der Waals surface area contributed by atoms with Crippen LogP contribution in [-0.2, 0) is 4.79 Å². The van der Waals surface area contributed by atoms with Gasteiger partial charge in [0.1, 0.15) is 0 Å². The van der Waals surface area contributed by atoms with E-state index in [0.29, 0.717) is 5.69 Å². The lowest BCUT2D eigenvalue weighted by atomic mass is 10.1. The van der Waals surface area contributed by atoms with Crippen molar-refractivity contribution >= 4 is 17.7 Å². The van der Waals surface area contributed by atoms with E-state index in [2.05, 4.69) is 5.32 Å².